The third-order valence-corrected chi connectivity index (χ3v) is 2.35. The predicted molar refractivity (Wildman–Crippen MR) is 67.0 cm³/mol. The van der Waals surface area contributed by atoms with Crippen LogP contribution < -0.4 is 0 Å². The molecule has 1 aromatic heterocycles. The van der Waals surface area contributed by atoms with Crippen molar-refractivity contribution in [3.63, 3.8) is 0 Å². The van der Waals surface area contributed by atoms with E-state index in [1.165, 1.54) is 0 Å². The summed E-state index contributed by atoms with van der Waals surface area (Å²) >= 11 is 0. The van der Waals surface area contributed by atoms with Crippen LogP contribution in [0.5, 0.6) is 0 Å². The minimum Gasteiger partial charge on any atom is -0.298 e. The molecule has 0 spiro atoms. The summed E-state index contributed by atoms with van der Waals surface area (Å²) in [4.78, 5) is 15.0. The van der Waals surface area contributed by atoms with Gasteiger partial charge in [-0.3, -0.25) is 9.78 Å². The van der Waals surface area contributed by atoms with Gasteiger partial charge < -0.3 is 0 Å². The molecular weight excluding hydrogens is 198 g/mol. The fourth-order valence-corrected chi connectivity index (χ4v) is 1.59. The topological polar surface area (TPSA) is 30.0 Å². The van der Waals surface area contributed by atoms with E-state index >= 15 is 0 Å². The molecule has 0 bridgehead atoms. The molecular formula is C14H15NO. The van der Waals surface area contributed by atoms with Gasteiger partial charge in [-0.2, -0.15) is 0 Å². The number of nitrogens with zero attached hydrogens (tertiary/aromatic N) is 1. The van der Waals surface area contributed by atoms with Gasteiger partial charge in [0.25, 0.3) is 0 Å². The highest BCUT2D eigenvalue weighted by Crippen LogP contribution is 2.27. The first-order valence-corrected chi connectivity index (χ1v) is 5.00. The monoisotopic (exact) mass is 213 g/mol. The fourth-order valence-electron chi connectivity index (χ4n) is 1.59. The number of carbonyl (C=O) groups is 1. The Hall–Kier alpha value is -1.96. The summed E-state index contributed by atoms with van der Waals surface area (Å²) in [5.41, 5.74) is 4.23. The first-order chi connectivity index (χ1) is 7.61. The maximum Gasteiger partial charge on any atom is 0.150 e. The van der Waals surface area contributed by atoms with Gasteiger partial charge in [-0.05, 0) is 42.2 Å². The average molecular weight is 213 g/mol. The third kappa shape index (κ3) is 2.34. The standard InChI is InChI=1S/C14H15NO/c1-5-12(9-16)14(10(2)3)13-6-7-15-8-11(13)4/h5-9H,1-2H2,3-4H3/b14-12-. The predicted octanol–water partition coefficient (Wildman–Crippen LogP) is 3.10. The number of allylic oxidation sites excluding steroid dienone is 4. The molecule has 2 heteroatoms. The molecule has 0 unspecified atom stereocenters. The van der Waals surface area contributed by atoms with E-state index in [0.717, 1.165) is 28.6 Å². The Morgan fingerprint density at radius 1 is 1.50 bits per heavy atom. The van der Waals surface area contributed by atoms with Crippen molar-refractivity contribution in [2.45, 2.75) is 13.8 Å². The van der Waals surface area contributed by atoms with Crippen LogP contribution in [0.4, 0.5) is 0 Å². The zero-order valence-electron chi connectivity index (χ0n) is 9.66. The summed E-state index contributed by atoms with van der Waals surface area (Å²) in [6.45, 7) is 11.4. The smallest absolute Gasteiger partial charge is 0.150 e. The Bertz CT molecular complexity index is 459. The van der Waals surface area contributed by atoms with Gasteiger partial charge in [0.1, 0.15) is 0 Å². The van der Waals surface area contributed by atoms with Crippen molar-refractivity contribution in [2.24, 2.45) is 0 Å². The minimum atomic E-state index is 0.557. The summed E-state index contributed by atoms with van der Waals surface area (Å²) in [6.07, 6.45) is 5.83. The van der Waals surface area contributed by atoms with Crippen molar-refractivity contribution >= 4 is 11.9 Å². The van der Waals surface area contributed by atoms with Crippen molar-refractivity contribution in [3.05, 3.63) is 60.0 Å². The second-order valence-corrected chi connectivity index (χ2v) is 3.62. The molecule has 0 aliphatic rings. The number of aldehydes is 1. The zero-order valence-corrected chi connectivity index (χ0v) is 9.66. The Morgan fingerprint density at radius 3 is 2.62 bits per heavy atom. The number of rotatable bonds is 4. The third-order valence-electron chi connectivity index (χ3n) is 2.35. The highest BCUT2D eigenvalue weighted by Gasteiger charge is 2.09. The van der Waals surface area contributed by atoms with Crippen molar-refractivity contribution in [2.75, 3.05) is 0 Å². The van der Waals surface area contributed by atoms with E-state index in [-0.39, 0.29) is 0 Å². The molecule has 0 saturated heterocycles. The van der Waals surface area contributed by atoms with Crippen LogP contribution in [0.3, 0.4) is 0 Å². The first kappa shape index (κ1) is 12.1. The Labute approximate surface area is 96.0 Å². The van der Waals surface area contributed by atoms with Crippen molar-refractivity contribution in [1.82, 2.24) is 4.98 Å². The molecule has 16 heavy (non-hydrogen) atoms. The minimum absolute atomic E-state index is 0.557. The van der Waals surface area contributed by atoms with E-state index in [4.69, 9.17) is 0 Å². The summed E-state index contributed by atoms with van der Waals surface area (Å²) in [7, 11) is 0. The van der Waals surface area contributed by atoms with Gasteiger partial charge in [0.2, 0.25) is 0 Å². The van der Waals surface area contributed by atoms with Gasteiger partial charge >= 0.3 is 0 Å². The molecule has 0 saturated carbocycles. The lowest BCUT2D eigenvalue weighted by atomic mass is 9.93. The Kier molecular flexibility index (Phi) is 3.95. The molecule has 1 heterocycles. The SMILES string of the molecule is C=C/C(C=O)=C(\C(=C)C)c1ccncc1C. The fraction of sp³-hybridized carbons (Fsp3) is 0.143. The summed E-state index contributed by atoms with van der Waals surface area (Å²) in [6, 6.07) is 1.88. The van der Waals surface area contributed by atoms with Crippen molar-refractivity contribution in [3.8, 4) is 0 Å². The summed E-state index contributed by atoms with van der Waals surface area (Å²) in [5, 5.41) is 0. The molecule has 0 fully saturated rings. The van der Waals surface area contributed by atoms with Gasteiger partial charge in [-0.15, -0.1) is 0 Å². The van der Waals surface area contributed by atoms with E-state index < -0.39 is 0 Å². The van der Waals surface area contributed by atoms with Crippen LogP contribution in [0.15, 0.2) is 48.8 Å². The molecule has 0 radical (unpaired) electrons. The van der Waals surface area contributed by atoms with Crippen LogP contribution in [0.1, 0.15) is 18.1 Å². The molecule has 0 N–H and O–H groups in total. The largest absolute Gasteiger partial charge is 0.298 e. The maximum absolute atomic E-state index is 11.0. The van der Waals surface area contributed by atoms with Crippen LogP contribution in [0.2, 0.25) is 0 Å². The molecule has 1 aromatic rings. The number of aryl methyl sites for hydroxylation is 1. The normalized spacial score (nSPS) is 11.6. The lowest BCUT2D eigenvalue weighted by Crippen LogP contribution is -1.96. The quantitative estimate of drug-likeness (QED) is 0.437. The lowest BCUT2D eigenvalue weighted by Gasteiger charge is -2.11. The van der Waals surface area contributed by atoms with Gasteiger partial charge in [0, 0.05) is 18.0 Å². The van der Waals surface area contributed by atoms with Crippen LogP contribution in [-0.2, 0) is 4.79 Å². The van der Waals surface area contributed by atoms with Crippen LogP contribution >= 0.6 is 0 Å². The highest BCUT2D eigenvalue weighted by molar-refractivity contribution is 5.96. The second-order valence-electron chi connectivity index (χ2n) is 3.62. The van der Waals surface area contributed by atoms with Gasteiger partial charge in [0.15, 0.2) is 6.29 Å². The van der Waals surface area contributed by atoms with E-state index in [1.807, 2.05) is 19.9 Å². The van der Waals surface area contributed by atoms with E-state index in [9.17, 15) is 4.79 Å². The molecule has 82 valence electrons. The molecule has 2 nitrogen and oxygen atoms in total. The highest BCUT2D eigenvalue weighted by atomic mass is 16.1. The number of hydrogen-bond acceptors (Lipinski definition) is 2. The number of pyridine rings is 1. The molecule has 0 atom stereocenters. The van der Waals surface area contributed by atoms with E-state index in [2.05, 4.69) is 18.1 Å². The lowest BCUT2D eigenvalue weighted by molar-refractivity contribution is -0.104. The van der Waals surface area contributed by atoms with Crippen molar-refractivity contribution < 1.29 is 4.79 Å². The second kappa shape index (κ2) is 5.21. The molecule has 0 aliphatic carbocycles. The Balaban J connectivity index is 3.52. The molecule has 0 aromatic carbocycles. The maximum atomic E-state index is 11.0. The van der Waals surface area contributed by atoms with E-state index in [0.29, 0.717) is 5.57 Å². The number of aromatic nitrogens is 1. The average Bonchev–Trinajstić information content (AvgIpc) is 2.27. The van der Waals surface area contributed by atoms with Gasteiger partial charge in [-0.1, -0.05) is 19.2 Å². The number of hydrogen-bond donors (Lipinski definition) is 0. The van der Waals surface area contributed by atoms with E-state index in [1.54, 1.807) is 18.5 Å². The first-order valence-electron chi connectivity index (χ1n) is 5.00. The van der Waals surface area contributed by atoms with Gasteiger partial charge in [0.05, 0.1) is 0 Å². The van der Waals surface area contributed by atoms with Gasteiger partial charge in [-0.25, -0.2) is 0 Å². The summed E-state index contributed by atoms with van der Waals surface area (Å²) < 4.78 is 0. The number of carbonyl (C=O) groups excluding carboxylic acids is 1. The molecule has 0 amide bonds. The molecule has 1 rings (SSSR count). The van der Waals surface area contributed by atoms with Crippen molar-refractivity contribution in [1.29, 1.82) is 0 Å². The van der Waals surface area contributed by atoms with Crippen LogP contribution in [-0.4, -0.2) is 11.3 Å². The zero-order chi connectivity index (χ0) is 12.1. The van der Waals surface area contributed by atoms with Crippen LogP contribution in [0.25, 0.3) is 5.57 Å². The summed E-state index contributed by atoms with van der Waals surface area (Å²) in [5.74, 6) is 0. The molecule has 0 aliphatic heterocycles. The van der Waals surface area contributed by atoms with Crippen LogP contribution in [0, 0.1) is 6.92 Å². The Morgan fingerprint density at radius 2 is 2.19 bits per heavy atom.